The Morgan fingerprint density at radius 2 is 2.12 bits per heavy atom. The summed E-state index contributed by atoms with van der Waals surface area (Å²) < 4.78 is 5.30. The van der Waals surface area contributed by atoms with Gasteiger partial charge < -0.3 is 10.1 Å². The molecule has 0 saturated heterocycles. The molecule has 0 aliphatic rings. The zero-order valence-electron chi connectivity index (χ0n) is 11.3. The summed E-state index contributed by atoms with van der Waals surface area (Å²) in [5.74, 6) is 0. The van der Waals surface area contributed by atoms with E-state index in [-0.39, 0.29) is 0 Å². The fourth-order valence-corrected chi connectivity index (χ4v) is 1.84. The van der Waals surface area contributed by atoms with Crippen molar-refractivity contribution in [2.75, 3.05) is 33.4 Å². The maximum atomic E-state index is 5.30. The number of hydrogen-bond donors (Lipinski definition) is 1. The second-order valence-corrected chi connectivity index (χ2v) is 4.39. The molecular weight excluding hydrogens is 200 g/mol. The molecule has 96 valence electrons. The molecule has 0 aromatic carbocycles. The summed E-state index contributed by atoms with van der Waals surface area (Å²) in [5, 5.41) is 3.46. The lowest BCUT2D eigenvalue weighted by Crippen LogP contribution is -2.48. The van der Waals surface area contributed by atoms with Crippen LogP contribution in [0.3, 0.4) is 0 Å². The number of methoxy groups -OCH3 is 1. The highest BCUT2D eigenvalue weighted by molar-refractivity contribution is 4.83. The lowest BCUT2D eigenvalue weighted by atomic mass is 10.2. The van der Waals surface area contributed by atoms with Crippen LogP contribution in [0.5, 0.6) is 0 Å². The van der Waals surface area contributed by atoms with Crippen LogP contribution in [0.25, 0.3) is 0 Å². The summed E-state index contributed by atoms with van der Waals surface area (Å²) >= 11 is 0. The van der Waals surface area contributed by atoms with Crippen LogP contribution in [0.4, 0.5) is 0 Å². The Balaban J connectivity index is 4.25. The fourth-order valence-electron chi connectivity index (χ4n) is 1.84. The molecule has 0 radical (unpaired) electrons. The van der Waals surface area contributed by atoms with Crippen molar-refractivity contribution in [1.82, 2.24) is 10.2 Å². The van der Waals surface area contributed by atoms with Gasteiger partial charge in [-0.1, -0.05) is 13.0 Å². The third kappa shape index (κ3) is 6.26. The van der Waals surface area contributed by atoms with Crippen molar-refractivity contribution >= 4 is 0 Å². The average molecular weight is 228 g/mol. The van der Waals surface area contributed by atoms with E-state index in [4.69, 9.17) is 4.74 Å². The number of rotatable bonds is 10. The first-order chi connectivity index (χ1) is 7.67. The minimum atomic E-state index is 0.426. The lowest BCUT2D eigenvalue weighted by molar-refractivity contribution is 0.0781. The van der Waals surface area contributed by atoms with E-state index in [9.17, 15) is 0 Å². The summed E-state index contributed by atoms with van der Waals surface area (Å²) in [7, 11) is 1.76. The van der Waals surface area contributed by atoms with E-state index in [0.717, 1.165) is 26.2 Å². The Kier molecular flexibility index (Phi) is 9.59. The van der Waals surface area contributed by atoms with Crippen molar-refractivity contribution in [2.24, 2.45) is 0 Å². The SMILES string of the molecule is C=CCN(C(C)C)C(CNCCC)COC. The van der Waals surface area contributed by atoms with Crippen molar-refractivity contribution < 1.29 is 4.74 Å². The lowest BCUT2D eigenvalue weighted by Gasteiger charge is -2.34. The average Bonchev–Trinajstić information content (AvgIpc) is 2.25. The van der Waals surface area contributed by atoms with E-state index < -0.39 is 0 Å². The summed E-state index contributed by atoms with van der Waals surface area (Å²) in [6, 6.07) is 0.941. The molecule has 1 N–H and O–H groups in total. The van der Waals surface area contributed by atoms with Crippen LogP contribution in [0.15, 0.2) is 12.7 Å². The Morgan fingerprint density at radius 3 is 2.56 bits per heavy atom. The van der Waals surface area contributed by atoms with E-state index in [1.54, 1.807) is 7.11 Å². The van der Waals surface area contributed by atoms with E-state index in [1.165, 1.54) is 6.42 Å². The monoisotopic (exact) mass is 228 g/mol. The van der Waals surface area contributed by atoms with Crippen LogP contribution >= 0.6 is 0 Å². The van der Waals surface area contributed by atoms with Crippen LogP contribution in [-0.2, 0) is 4.74 Å². The molecule has 3 heteroatoms. The van der Waals surface area contributed by atoms with Gasteiger partial charge in [0.15, 0.2) is 0 Å². The highest BCUT2D eigenvalue weighted by atomic mass is 16.5. The molecule has 0 heterocycles. The molecular formula is C13H28N2O. The van der Waals surface area contributed by atoms with E-state index >= 15 is 0 Å². The molecule has 1 atom stereocenters. The number of ether oxygens (including phenoxy) is 1. The van der Waals surface area contributed by atoms with Crippen molar-refractivity contribution in [3.05, 3.63) is 12.7 Å². The molecule has 0 rings (SSSR count). The standard InChI is InChI=1S/C13H28N2O/c1-6-8-14-10-13(11-16-5)15(9-7-2)12(3)4/h7,12-14H,2,6,8-11H2,1,3-5H3. The molecule has 0 aromatic heterocycles. The molecule has 0 spiro atoms. The fraction of sp³-hybridized carbons (Fsp3) is 0.846. The Hall–Kier alpha value is -0.380. The summed E-state index contributed by atoms with van der Waals surface area (Å²) in [6.45, 7) is 14.2. The minimum absolute atomic E-state index is 0.426. The molecule has 16 heavy (non-hydrogen) atoms. The second-order valence-electron chi connectivity index (χ2n) is 4.39. The Bertz CT molecular complexity index is 171. The molecule has 0 aromatic rings. The van der Waals surface area contributed by atoms with Crippen LogP contribution in [-0.4, -0.2) is 50.3 Å². The van der Waals surface area contributed by atoms with Gasteiger partial charge in [-0.3, -0.25) is 4.90 Å². The number of nitrogens with zero attached hydrogens (tertiary/aromatic N) is 1. The highest BCUT2D eigenvalue weighted by Gasteiger charge is 2.19. The van der Waals surface area contributed by atoms with Gasteiger partial charge in [-0.05, 0) is 26.8 Å². The maximum absolute atomic E-state index is 5.30. The third-order valence-electron chi connectivity index (χ3n) is 2.64. The van der Waals surface area contributed by atoms with Crippen molar-refractivity contribution in [3.63, 3.8) is 0 Å². The molecule has 3 nitrogen and oxygen atoms in total. The predicted octanol–water partition coefficient (Wildman–Crippen LogP) is 1.90. The molecule has 0 aliphatic heterocycles. The van der Waals surface area contributed by atoms with Crippen molar-refractivity contribution in [1.29, 1.82) is 0 Å². The largest absolute Gasteiger partial charge is 0.383 e. The van der Waals surface area contributed by atoms with Crippen molar-refractivity contribution in [3.8, 4) is 0 Å². The molecule has 0 fully saturated rings. The predicted molar refractivity (Wildman–Crippen MR) is 70.9 cm³/mol. The van der Waals surface area contributed by atoms with E-state index in [2.05, 4.69) is 37.6 Å². The second kappa shape index (κ2) is 9.82. The van der Waals surface area contributed by atoms with Crippen LogP contribution in [0.1, 0.15) is 27.2 Å². The normalized spacial score (nSPS) is 13.4. The molecule has 1 unspecified atom stereocenters. The van der Waals surface area contributed by atoms with Gasteiger partial charge in [0.05, 0.1) is 6.61 Å². The topological polar surface area (TPSA) is 24.5 Å². The maximum Gasteiger partial charge on any atom is 0.0630 e. The Labute approximate surface area is 101 Å². The van der Waals surface area contributed by atoms with Crippen LogP contribution in [0, 0.1) is 0 Å². The van der Waals surface area contributed by atoms with Gasteiger partial charge in [-0.25, -0.2) is 0 Å². The van der Waals surface area contributed by atoms with Gasteiger partial charge >= 0.3 is 0 Å². The van der Waals surface area contributed by atoms with E-state index in [1.807, 2.05) is 6.08 Å². The van der Waals surface area contributed by atoms with Gasteiger partial charge in [-0.15, -0.1) is 6.58 Å². The van der Waals surface area contributed by atoms with Gasteiger partial charge in [0.2, 0.25) is 0 Å². The van der Waals surface area contributed by atoms with Gasteiger partial charge in [-0.2, -0.15) is 0 Å². The zero-order valence-corrected chi connectivity index (χ0v) is 11.3. The first-order valence-corrected chi connectivity index (χ1v) is 6.23. The molecule has 0 aliphatic carbocycles. The molecule has 0 bridgehead atoms. The highest BCUT2D eigenvalue weighted by Crippen LogP contribution is 2.06. The number of nitrogens with one attached hydrogen (secondary N) is 1. The quantitative estimate of drug-likeness (QED) is 0.456. The summed E-state index contributed by atoms with van der Waals surface area (Å²) in [4.78, 5) is 2.42. The minimum Gasteiger partial charge on any atom is -0.383 e. The summed E-state index contributed by atoms with van der Waals surface area (Å²) in [6.07, 6.45) is 3.13. The third-order valence-corrected chi connectivity index (χ3v) is 2.64. The van der Waals surface area contributed by atoms with Gasteiger partial charge in [0.1, 0.15) is 0 Å². The van der Waals surface area contributed by atoms with Gasteiger partial charge in [0, 0.05) is 32.3 Å². The molecule has 0 saturated carbocycles. The van der Waals surface area contributed by atoms with Crippen LogP contribution < -0.4 is 5.32 Å². The van der Waals surface area contributed by atoms with E-state index in [0.29, 0.717) is 12.1 Å². The van der Waals surface area contributed by atoms with Crippen LogP contribution in [0.2, 0.25) is 0 Å². The van der Waals surface area contributed by atoms with Gasteiger partial charge in [0.25, 0.3) is 0 Å². The first-order valence-electron chi connectivity index (χ1n) is 6.23. The summed E-state index contributed by atoms with van der Waals surface area (Å²) in [5.41, 5.74) is 0. The first kappa shape index (κ1) is 15.6. The van der Waals surface area contributed by atoms with Crippen molar-refractivity contribution in [2.45, 2.75) is 39.3 Å². The smallest absolute Gasteiger partial charge is 0.0630 e. The molecule has 0 amide bonds. The Morgan fingerprint density at radius 1 is 1.44 bits per heavy atom. The zero-order chi connectivity index (χ0) is 12.4. The number of hydrogen-bond acceptors (Lipinski definition) is 3.